The van der Waals surface area contributed by atoms with E-state index in [1.54, 1.807) is 0 Å². The Balaban J connectivity index is 1.74. The first-order valence-electron chi connectivity index (χ1n) is 7.86. The third kappa shape index (κ3) is 4.04. The predicted molar refractivity (Wildman–Crippen MR) is 87.4 cm³/mol. The number of nitrogens with one attached hydrogen (secondary N) is 2. The highest BCUT2D eigenvalue weighted by molar-refractivity contribution is 5.92. The first-order valence-corrected chi connectivity index (χ1v) is 7.86. The lowest BCUT2D eigenvalue weighted by Gasteiger charge is -2.23. The molecule has 1 aliphatic rings. The van der Waals surface area contributed by atoms with E-state index in [9.17, 15) is 9.59 Å². The van der Waals surface area contributed by atoms with Gasteiger partial charge in [0.15, 0.2) is 0 Å². The van der Waals surface area contributed by atoms with E-state index in [1.165, 1.54) is 16.8 Å². The van der Waals surface area contributed by atoms with Crippen LogP contribution in [0.2, 0.25) is 0 Å². The van der Waals surface area contributed by atoms with E-state index in [0.717, 1.165) is 31.5 Å². The van der Waals surface area contributed by atoms with Crippen molar-refractivity contribution < 1.29 is 4.79 Å². The summed E-state index contributed by atoms with van der Waals surface area (Å²) in [6, 6.07) is 12.6. The Morgan fingerprint density at radius 2 is 1.91 bits per heavy atom. The van der Waals surface area contributed by atoms with E-state index in [1.807, 2.05) is 30.3 Å². The highest BCUT2D eigenvalue weighted by atomic mass is 16.2. The van der Waals surface area contributed by atoms with Gasteiger partial charge in [-0.25, -0.2) is 4.68 Å². The molecule has 1 saturated heterocycles. The molecule has 0 aliphatic carbocycles. The fourth-order valence-corrected chi connectivity index (χ4v) is 2.67. The SMILES string of the molecule is O=C(NC1CCNCC1)c1ccc(=O)n(Cc2ccccc2)n1. The standard InChI is InChI=1S/C17H20N4O2/c22-16-7-6-15(17(23)19-14-8-10-18-11-9-14)20-21(16)12-13-4-2-1-3-5-13/h1-7,14,18H,8-12H2,(H,19,23). The maximum atomic E-state index is 12.3. The van der Waals surface area contributed by atoms with Gasteiger partial charge >= 0.3 is 0 Å². The van der Waals surface area contributed by atoms with Gasteiger partial charge in [0.05, 0.1) is 6.54 Å². The molecule has 2 N–H and O–H groups in total. The number of nitrogens with zero attached hydrogens (tertiary/aromatic N) is 2. The molecule has 1 amide bonds. The molecule has 1 fully saturated rings. The van der Waals surface area contributed by atoms with Gasteiger partial charge in [-0.2, -0.15) is 5.10 Å². The van der Waals surface area contributed by atoms with Gasteiger partial charge in [0, 0.05) is 12.1 Å². The molecule has 1 aliphatic heterocycles. The molecule has 3 rings (SSSR count). The van der Waals surface area contributed by atoms with Gasteiger partial charge in [0.25, 0.3) is 11.5 Å². The second kappa shape index (κ2) is 7.19. The molecule has 0 radical (unpaired) electrons. The average Bonchev–Trinajstić information content (AvgIpc) is 2.58. The van der Waals surface area contributed by atoms with Crippen LogP contribution in [-0.2, 0) is 6.54 Å². The van der Waals surface area contributed by atoms with E-state index < -0.39 is 0 Å². The van der Waals surface area contributed by atoms with E-state index in [2.05, 4.69) is 15.7 Å². The van der Waals surface area contributed by atoms with Crippen LogP contribution in [0.4, 0.5) is 0 Å². The van der Waals surface area contributed by atoms with Crippen LogP contribution in [0.3, 0.4) is 0 Å². The van der Waals surface area contributed by atoms with Crippen LogP contribution in [0, 0.1) is 0 Å². The van der Waals surface area contributed by atoms with Gasteiger partial charge in [0.2, 0.25) is 0 Å². The third-order valence-electron chi connectivity index (χ3n) is 3.95. The number of carbonyl (C=O) groups is 1. The number of piperidine rings is 1. The van der Waals surface area contributed by atoms with Gasteiger partial charge in [0.1, 0.15) is 5.69 Å². The van der Waals surface area contributed by atoms with Crippen molar-refractivity contribution in [2.45, 2.75) is 25.4 Å². The number of hydrogen-bond donors (Lipinski definition) is 2. The number of aromatic nitrogens is 2. The van der Waals surface area contributed by atoms with Gasteiger partial charge in [-0.05, 0) is 37.6 Å². The zero-order chi connectivity index (χ0) is 16.1. The van der Waals surface area contributed by atoms with Crippen molar-refractivity contribution in [1.29, 1.82) is 0 Å². The lowest BCUT2D eigenvalue weighted by atomic mass is 10.1. The molecule has 0 bridgehead atoms. The predicted octanol–water partition coefficient (Wildman–Crippen LogP) is 0.773. The molecule has 0 saturated carbocycles. The van der Waals surface area contributed by atoms with Crippen molar-refractivity contribution in [3.63, 3.8) is 0 Å². The Morgan fingerprint density at radius 3 is 2.65 bits per heavy atom. The number of rotatable bonds is 4. The molecule has 1 aromatic carbocycles. The number of amides is 1. The summed E-state index contributed by atoms with van der Waals surface area (Å²) in [5, 5.41) is 10.5. The Labute approximate surface area is 134 Å². The lowest BCUT2D eigenvalue weighted by molar-refractivity contribution is 0.0922. The topological polar surface area (TPSA) is 76.0 Å². The van der Waals surface area contributed by atoms with Gasteiger partial charge in [-0.15, -0.1) is 0 Å². The number of carbonyl (C=O) groups excluding carboxylic acids is 1. The first-order chi connectivity index (χ1) is 11.2. The summed E-state index contributed by atoms with van der Waals surface area (Å²) in [6.45, 7) is 2.17. The fraction of sp³-hybridized carbons (Fsp3) is 0.353. The van der Waals surface area contributed by atoms with Crippen LogP contribution in [-0.4, -0.2) is 34.8 Å². The van der Waals surface area contributed by atoms with Crippen molar-refractivity contribution in [1.82, 2.24) is 20.4 Å². The van der Waals surface area contributed by atoms with Crippen LogP contribution < -0.4 is 16.2 Å². The molecule has 6 heteroatoms. The van der Waals surface area contributed by atoms with Crippen LogP contribution in [0.5, 0.6) is 0 Å². The maximum Gasteiger partial charge on any atom is 0.271 e. The highest BCUT2D eigenvalue weighted by Crippen LogP contribution is 2.04. The summed E-state index contributed by atoms with van der Waals surface area (Å²) >= 11 is 0. The summed E-state index contributed by atoms with van der Waals surface area (Å²) in [7, 11) is 0. The van der Waals surface area contributed by atoms with E-state index in [0.29, 0.717) is 6.54 Å². The van der Waals surface area contributed by atoms with Crippen molar-refractivity contribution in [3.8, 4) is 0 Å². The summed E-state index contributed by atoms with van der Waals surface area (Å²) in [6.07, 6.45) is 1.82. The highest BCUT2D eigenvalue weighted by Gasteiger charge is 2.17. The van der Waals surface area contributed by atoms with E-state index in [-0.39, 0.29) is 23.2 Å². The summed E-state index contributed by atoms with van der Waals surface area (Å²) in [4.78, 5) is 24.3. The lowest BCUT2D eigenvalue weighted by Crippen LogP contribution is -2.43. The Hall–Kier alpha value is -2.47. The quantitative estimate of drug-likeness (QED) is 0.874. The molecule has 23 heavy (non-hydrogen) atoms. The molecule has 0 atom stereocenters. The van der Waals surface area contributed by atoms with Gasteiger partial charge < -0.3 is 10.6 Å². The van der Waals surface area contributed by atoms with Crippen molar-refractivity contribution in [2.24, 2.45) is 0 Å². The average molecular weight is 312 g/mol. The molecule has 0 spiro atoms. The Bertz CT molecular complexity index is 721. The molecular formula is C17H20N4O2. The molecular weight excluding hydrogens is 292 g/mol. The van der Waals surface area contributed by atoms with Crippen LogP contribution in [0.1, 0.15) is 28.9 Å². The molecule has 1 aromatic heterocycles. The minimum Gasteiger partial charge on any atom is -0.348 e. The minimum absolute atomic E-state index is 0.167. The summed E-state index contributed by atoms with van der Waals surface area (Å²) in [5.74, 6) is -0.223. The molecule has 2 heterocycles. The minimum atomic E-state index is -0.223. The third-order valence-corrected chi connectivity index (χ3v) is 3.95. The van der Waals surface area contributed by atoms with Crippen molar-refractivity contribution in [3.05, 3.63) is 64.1 Å². The molecule has 120 valence electrons. The zero-order valence-electron chi connectivity index (χ0n) is 12.9. The Morgan fingerprint density at radius 1 is 1.17 bits per heavy atom. The Kier molecular flexibility index (Phi) is 4.83. The largest absolute Gasteiger partial charge is 0.348 e. The fourth-order valence-electron chi connectivity index (χ4n) is 2.67. The maximum absolute atomic E-state index is 12.3. The smallest absolute Gasteiger partial charge is 0.271 e. The monoisotopic (exact) mass is 312 g/mol. The van der Waals surface area contributed by atoms with E-state index in [4.69, 9.17) is 0 Å². The van der Waals surface area contributed by atoms with Crippen LogP contribution >= 0.6 is 0 Å². The zero-order valence-corrected chi connectivity index (χ0v) is 12.9. The number of hydrogen-bond acceptors (Lipinski definition) is 4. The first kappa shape index (κ1) is 15.4. The van der Waals surface area contributed by atoms with Crippen LogP contribution in [0.25, 0.3) is 0 Å². The molecule has 0 unspecified atom stereocenters. The number of benzene rings is 1. The van der Waals surface area contributed by atoms with Gasteiger partial charge in [-0.1, -0.05) is 30.3 Å². The summed E-state index contributed by atoms with van der Waals surface area (Å²) in [5.41, 5.74) is 1.03. The normalized spacial score (nSPS) is 15.3. The summed E-state index contributed by atoms with van der Waals surface area (Å²) < 4.78 is 1.33. The second-order valence-electron chi connectivity index (χ2n) is 5.70. The second-order valence-corrected chi connectivity index (χ2v) is 5.70. The van der Waals surface area contributed by atoms with Crippen molar-refractivity contribution in [2.75, 3.05) is 13.1 Å². The van der Waals surface area contributed by atoms with Gasteiger partial charge in [-0.3, -0.25) is 9.59 Å². The molecule has 6 nitrogen and oxygen atoms in total. The van der Waals surface area contributed by atoms with E-state index >= 15 is 0 Å². The molecule has 2 aromatic rings. The van der Waals surface area contributed by atoms with Crippen LogP contribution in [0.15, 0.2) is 47.3 Å². The van der Waals surface area contributed by atoms with Crippen molar-refractivity contribution >= 4 is 5.91 Å².